The Balaban J connectivity index is 1.48. The van der Waals surface area contributed by atoms with Gasteiger partial charge in [-0.05, 0) is 43.5 Å². The van der Waals surface area contributed by atoms with Crippen molar-refractivity contribution in [1.82, 2.24) is 15.3 Å². The minimum Gasteiger partial charge on any atom is -0.346 e. The third-order valence-electron chi connectivity index (χ3n) is 5.21. The van der Waals surface area contributed by atoms with E-state index in [-0.39, 0.29) is 24.7 Å². The molecule has 36 heavy (non-hydrogen) atoms. The SMILES string of the molecule is O=C(NN(CC(=O)c1ccc(Cl)s1)C(=O)C1=CN=CCC1)C1=CN(CC(=O)c2ccc(Cl)s2)C=CC1. The lowest BCUT2D eigenvalue weighted by atomic mass is 10.1. The maximum absolute atomic E-state index is 13.2. The molecule has 0 fully saturated rings. The number of hydrogen-bond donors (Lipinski definition) is 1. The van der Waals surface area contributed by atoms with Gasteiger partial charge in [0.15, 0.2) is 11.6 Å². The second-order valence-electron chi connectivity index (χ2n) is 7.83. The van der Waals surface area contributed by atoms with Crippen molar-refractivity contribution in [1.29, 1.82) is 0 Å². The van der Waals surface area contributed by atoms with Crippen molar-refractivity contribution < 1.29 is 19.2 Å². The molecule has 0 spiro atoms. The van der Waals surface area contributed by atoms with Gasteiger partial charge in [-0.15, -0.1) is 22.7 Å². The number of ketones is 2. The first-order valence-electron chi connectivity index (χ1n) is 10.8. The number of nitrogens with one attached hydrogen (secondary N) is 1. The highest BCUT2D eigenvalue weighted by Crippen LogP contribution is 2.24. The molecule has 2 aromatic rings. The topological polar surface area (TPSA) is 99.2 Å². The molecule has 0 unspecified atom stereocenters. The maximum atomic E-state index is 13.2. The third-order valence-corrected chi connectivity index (χ3v) is 7.75. The van der Waals surface area contributed by atoms with Crippen LogP contribution in [0.5, 0.6) is 0 Å². The lowest BCUT2D eigenvalue weighted by molar-refractivity contribution is -0.136. The predicted molar refractivity (Wildman–Crippen MR) is 142 cm³/mol. The minimum atomic E-state index is -0.554. The fourth-order valence-corrected chi connectivity index (χ4v) is 5.39. The molecule has 4 heterocycles. The van der Waals surface area contributed by atoms with E-state index in [9.17, 15) is 19.2 Å². The van der Waals surface area contributed by atoms with Crippen molar-refractivity contribution in [2.24, 2.45) is 4.99 Å². The van der Waals surface area contributed by atoms with Gasteiger partial charge in [-0.25, -0.2) is 5.01 Å². The zero-order chi connectivity index (χ0) is 25.7. The van der Waals surface area contributed by atoms with Crippen molar-refractivity contribution in [2.75, 3.05) is 13.1 Å². The molecule has 0 bridgehead atoms. The Bertz CT molecular complexity index is 1320. The molecule has 1 N–H and O–H groups in total. The number of rotatable bonds is 8. The van der Waals surface area contributed by atoms with Crippen LogP contribution in [0.3, 0.4) is 0 Å². The molecule has 0 atom stereocenters. The number of amides is 2. The standard InChI is InChI=1S/C24H20Cl2N4O4S2/c25-21-7-5-19(35-21)17(31)13-29-10-2-4-16(12-29)23(33)28-30(24(34)15-3-1-9-27-11-15)14-18(32)20-6-8-22(26)36-20/h2,5-12H,1,3-4,13-14H2,(H,28,33). The quantitative estimate of drug-likeness (QED) is 0.364. The highest BCUT2D eigenvalue weighted by molar-refractivity contribution is 7.18. The number of hydrogen-bond acceptors (Lipinski definition) is 8. The van der Waals surface area contributed by atoms with Gasteiger partial charge >= 0.3 is 0 Å². The van der Waals surface area contributed by atoms with E-state index >= 15 is 0 Å². The van der Waals surface area contributed by atoms with Gasteiger partial charge in [-0.3, -0.25) is 29.6 Å². The molecule has 2 amide bonds. The molecule has 0 radical (unpaired) electrons. The second kappa shape index (κ2) is 11.8. The van der Waals surface area contributed by atoms with Crippen molar-refractivity contribution in [3.8, 4) is 0 Å². The Morgan fingerprint density at radius 3 is 2.31 bits per heavy atom. The van der Waals surface area contributed by atoms with Crippen LogP contribution < -0.4 is 5.43 Å². The number of Topliss-reactive ketones (excluding diaryl/α,β-unsaturated/α-hetero) is 2. The molecule has 8 nitrogen and oxygen atoms in total. The number of halogens is 2. The van der Waals surface area contributed by atoms with E-state index in [0.29, 0.717) is 48.8 Å². The predicted octanol–water partition coefficient (Wildman–Crippen LogP) is 4.89. The molecule has 12 heteroatoms. The van der Waals surface area contributed by atoms with Crippen LogP contribution in [-0.4, -0.2) is 52.6 Å². The van der Waals surface area contributed by atoms with Crippen LogP contribution in [0.4, 0.5) is 0 Å². The zero-order valence-corrected chi connectivity index (χ0v) is 21.9. The van der Waals surface area contributed by atoms with Crippen LogP contribution in [0.25, 0.3) is 0 Å². The molecule has 0 saturated carbocycles. The summed E-state index contributed by atoms with van der Waals surface area (Å²) < 4.78 is 0.967. The monoisotopic (exact) mass is 562 g/mol. The first kappa shape index (κ1) is 26.0. The van der Waals surface area contributed by atoms with Gasteiger partial charge in [0, 0.05) is 36.0 Å². The van der Waals surface area contributed by atoms with Crippen LogP contribution in [-0.2, 0) is 9.59 Å². The summed E-state index contributed by atoms with van der Waals surface area (Å²) in [6.45, 7) is -0.345. The number of carbonyl (C=O) groups excluding carboxylic acids is 4. The largest absolute Gasteiger partial charge is 0.346 e. The lowest BCUT2D eigenvalue weighted by Gasteiger charge is -2.26. The summed E-state index contributed by atoms with van der Waals surface area (Å²) in [5.41, 5.74) is 3.29. The van der Waals surface area contributed by atoms with Crippen molar-refractivity contribution >= 4 is 75.5 Å². The number of thiophene rings is 2. The summed E-state index contributed by atoms with van der Waals surface area (Å²) >= 11 is 14.1. The van der Waals surface area contributed by atoms with E-state index in [1.54, 1.807) is 53.9 Å². The van der Waals surface area contributed by atoms with Crippen LogP contribution in [0, 0.1) is 0 Å². The van der Waals surface area contributed by atoms with Crippen molar-refractivity contribution in [2.45, 2.75) is 19.3 Å². The molecular weight excluding hydrogens is 543 g/mol. The summed E-state index contributed by atoms with van der Waals surface area (Å²) in [6.07, 6.45) is 9.46. The average Bonchev–Trinajstić information content (AvgIpc) is 3.52. The average molecular weight is 563 g/mol. The third kappa shape index (κ3) is 6.58. The lowest BCUT2D eigenvalue weighted by Crippen LogP contribution is -2.50. The van der Waals surface area contributed by atoms with E-state index in [4.69, 9.17) is 23.2 Å². The van der Waals surface area contributed by atoms with Crippen LogP contribution in [0.2, 0.25) is 8.67 Å². The number of nitrogens with zero attached hydrogens (tertiary/aromatic N) is 3. The Morgan fingerprint density at radius 2 is 1.69 bits per heavy atom. The molecule has 0 saturated heterocycles. The summed E-state index contributed by atoms with van der Waals surface area (Å²) in [4.78, 5) is 58.1. The summed E-state index contributed by atoms with van der Waals surface area (Å²) in [6, 6.07) is 6.49. The van der Waals surface area contributed by atoms with Gasteiger partial charge in [0.05, 0.1) is 25.0 Å². The highest BCUT2D eigenvalue weighted by atomic mass is 35.5. The van der Waals surface area contributed by atoms with E-state index in [2.05, 4.69) is 10.4 Å². The van der Waals surface area contributed by atoms with Gasteiger partial charge < -0.3 is 4.90 Å². The number of aliphatic imine (C=N–C) groups is 1. The molecule has 0 aromatic carbocycles. The van der Waals surface area contributed by atoms with E-state index in [1.165, 1.54) is 17.5 Å². The normalized spacial score (nSPS) is 14.8. The number of allylic oxidation sites excluding steroid dienone is 1. The summed E-state index contributed by atoms with van der Waals surface area (Å²) in [5, 5.41) is 1.01. The van der Waals surface area contributed by atoms with Crippen LogP contribution in [0.1, 0.15) is 38.6 Å². The van der Waals surface area contributed by atoms with Crippen molar-refractivity contribution in [3.05, 3.63) is 78.5 Å². The van der Waals surface area contributed by atoms with Gasteiger partial charge in [-0.1, -0.05) is 29.3 Å². The minimum absolute atomic E-state index is 0.0231. The van der Waals surface area contributed by atoms with Crippen LogP contribution in [0.15, 0.2) is 65.1 Å². The molecule has 0 aliphatic carbocycles. The molecule has 4 rings (SSSR count). The van der Waals surface area contributed by atoms with Gasteiger partial charge in [0.25, 0.3) is 11.8 Å². The smallest absolute Gasteiger partial charge is 0.270 e. The fourth-order valence-electron chi connectivity index (χ4n) is 3.45. The van der Waals surface area contributed by atoms with Gasteiger partial charge in [0.2, 0.25) is 0 Å². The molecule has 186 valence electrons. The Hall–Kier alpha value is -3.05. The van der Waals surface area contributed by atoms with Gasteiger partial charge in [0.1, 0.15) is 6.54 Å². The summed E-state index contributed by atoms with van der Waals surface area (Å²) in [7, 11) is 0. The highest BCUT2D eigenvalue weighted by Gasteiger charge is 2.26. The molecule has 2 aliphatic heterocycles. The number of carbonyl (C=O) groups is 4. The van der Waals surface area contributed by atoms with Crippen LogP contribution >= 0.6 is 45.9 Å². The summed E-state index contributed by atoms with van der Waals surface area (Å²) in [5.74, 6) is -1.57. The van der Waals surface area contributed by atoms with E-state index in [1.807, 2.05) is 0 Å². The first-order chi connectivity index (χ1) is 17.3. The first-order valence-corrected chi connectivity index (χ1v) is 13.2. The molecular formula is C24H20Cl2N4O4S2. The second-order valence-corrected chi connectivity index (χ2v) is 11.3. The molecule has 2 aliphatic rings. The Labute approximate surface area is 225 Å². The van der Waals surface area contributed by atoms with Gasteiger partial charge in [-0.2, -0.15) is 0 Å². The van der Waals surface area contributed by atoms with E-state index < -0.39 is 11.8 Å². The zero-order valence-electron chi connectivity index (χ0n) is 18.8. The van der Waals surface area contributed by atoms with Crippen molar-refractivity contribution in [3.63, 3.8) is 0 Å². The molecule has 2 aromatic heterocycles. The maximum Gasteiger partial charge on any atom is 0.270 e. The fraction of sp³-hybridized carbons (Fsp3) is 0.208. The Kier molecular flexibility index (Phi) is 8.52. The number of hydrazine groups is 1. The Morgan fingerprint density at radius 1 is 1.00 bits per heavy atom. The van der Waals surface area contributed by atoms with E-state index in [0.717, 1.165) is 16.3 Å².